The maximum absolute atomic E-state index is 13.3. The Bertz CT molecular complexity index is 1080. The van der Waals surface area contributed by atoms with Crippen LogP contribution in [0.5, 0.6) is 0 Å². The minimum atomic E-state index is 0.117. The fourth-order valence-electron chi connectivity index (χ4n) is 4.59. The Labute approximate surface area is 175 Å². The first-order chi connectivity index (χ1) is 14.6. The Hall–Kier alpha value is -3.03. The first kappa shape index (κ1) is 19.0. The molecular formula is C22H27N7O. The number of rotatable bonds is 5. The fourth-order valence-corrected chi connectivity index (χ4v) is 4.59. The molecule has 3 aromatic rings. The number of aryl methyl sites for hydroxylation is 3. The third kappa shape index (κ3) is 3.51. The summed E-state index contributed by atoms with van der Waals surface area (Å²) in [4.78, 5) is 24.9. The molecule has 0 spiro atoms. The second-order valence-corrected chi connectivity index (χ2v) is 8.43. The minimum Gasteiger partial charge on any atom is -0.340 e. The van der Waals surface area contributed by atoms with Crippen molar-refractivity contribution in [1.29, 1.82) is 0 Å². The van der Waals surface area contributed by atoms with E-state index in [4.69, 9.17) is 10.1 Å². The molecule has 2 aliphatic rings. The molecule has 5 rings (SSSR count). The van der Waals surface area contributed by atoms with Gasteiger partial charge in [0.2, 0.25) is 5.95 Å². The minimum absolute atomic E-state index is 0.117. The average molecular weight is 406 g/mol. The molecule has 30 heavy (non-hydrogen) atoms. The summed E-state index contributed by atoms with van der Waals surface area (Å²) in [5.74, 6) is 2.25. The van der Waals surface area contributed by atoms with Crippen molar-refractivity contribution in [1.82, 2.24) is 29.5 Å². The molecule has 8 heteroatoms. The molecule has 0 aliphatic carbocycles. The van der Waals surface area contributed by atoms with Crippen molar-refractivity contribution in [2.75, 3.05) is 18.0 Å². The highest BCUT2D eigenvalue weighted by Gasteiger charge is 2.28. The van der Waals surface area contributed by atoms with Crippen LogP contribution in [0.4, 0.5) is 5.95 Å². The van der Waals surface area contributed by atoms with E-state index in [1.54, 1.807) is 10.9 Å². The predicted octanol–water partition coefficient (Wildman–Crippen LogP) is 2.82. The third-order valence-corrected chi connectivity index (χ3v) is 6.19. The van der Waals surface area contributed by atoms with Crippen molar-refractivity contribution < 1.29 is 4.79 Å². The number of fused-ring (bicyclic) bond motifs is 1. The van der Waals surface area contributed by atoms with Crippen molar-refractivity contribution >= 4 is 11.7 Å². The molecule has 5 heterocycles. The van der Waals surface area contributed by atoms with Crippen LogP contribution in [0.2, 0.25) is 0 Å². The summed E-state index contributed by atoms with van der Waals surface area (Å²) in [5, 5.41) is 9.04. The number of aromatic nitrogens is 6. The van der Waals surface area contributed by atoms with Crippen molar-refractivity contribution in [2.45, 2.75) is 45.6 Å². The Kier molecular flexibility index (Phi) is 4.84. The number of carbonyl (C=O) groups excluding carboxylic acids is 1. The molecule has 0 bridgehead atoms. The molecule has 156 valence electrons. The van der Waals surface area contributed by atoms with Crippen molar-refractivity contribution in [3.05, 3.63) is 41.6 Å². The van der Waals surface area contributed by atoms with Gasteiger partial charge in [-0.15, -0.1) is 5.10 Å². The largest absolute Gasteiger partial charge is 0.340 e. The first-order valence-electron chi connectivity index (χ1n) is 10.8. The number of ketones is 1. The van der Waals surface area contributed by atoms with Crippen LogP contribution in [0, 0.1) is 12.8 Å². The van der Waals surface area contributed by atoms with Gasteiger partial charge in [0.05, 0.1) is 11.9 Å². The topological polar surface area (TPSA) is 81.7 Å². The predicted molar refractivity (Wildman–Crippen MR) is 113 cm³/mol. The summed E-state index contributed by atoms with van der Waals surface area (Å²) in [6.07, 6.45) is 6.40. The Morgan fingerprint density at radius 3 is 2.80 bits per heavy atom. The van der Waals surface area contributed by atoms with Gasteiger partial charge in [0.25, 0.3) is 0 Å². The van der Waals surface area contributed by atoms with Gasteiger partial charge in [-0.3, -0.25) is 14.5 Å². The van der Waals surface area contributed by atoms with Crippen LogP contribution in [0.25, 0.3) is 11.3 Å². The van der Waals surface area contributed by atoms with Crippen LogP contribution in [0.15, 0.2) is 24.4 Å². The highest BCUT2D eigenvalue weighted by Crippen LogP contribution is 2.28. The molecule has 1 saturated heterocycles. The zero-order valence-corrected chi connectivity index (χ0v) is 17.6. The summed E-state index contributed by atoms with van der Waals surface area (Å²) in [7, 11) is 1.83. The summed E-state index contributed by atoms with van der Waals surface area (Å²) in [6.45, 7) is 4.87. The number of anilines is 1. The Balaban J connectivity index is 1.33. The number of nitrogens with zero attached hydrogens (tertiary/aromatic N) is 7. The summed E-state index contributed by atoms with van der Waals surface area (Å²) < 4.78 is 3.71. The van der Waals surface area contributed by atoms with Gasteiger partial charge in [0.15, 0.2) is 5.78 Å². The summed E-state index contributed by atoms with van der Waals surface area (Å²) >= 11 is 0. The zero-order chi connectivity index (χ0) is 20.7. The van der Waals surface area contributed by atoms with E-state index < -0.39 is 0 Å². The van der Waals surface area contributed by atoms with Crippen LogP contribution in [0.3, 0.4) is 0 Å². The van der Waals surface area contributed by atoms with Gasteiger partial charge >= 0.3 is 0 Å². The lowest BCUT2D eigenvalue weighted by Gasteiger charge is -2.21. The number of Topliss-reactive ketones (excluding diaryl/α,β-unsaturated/α-hetero) is 1. The monoisotopic (exact) mass is 405 g/mol. The standard InChI is InChI=1S/C22H27N7O/c1-15-6-5-7-18(24-15)17-14-23-27(2)21(17)19(30)12-16-8-11-29-20(13-16)25-22(26-29)28-9-3-4-10-28/h5-7,14,16H,3-4,8-13H2,1-2H3. The average Bonchev–Trinajstić information content (AvgIpc) is 3.46. The molecule has 1 fully saturated rings. The summed E-state index contributed by atoms with van der Waals surface area (Å²) in [5.41, 5.74) is 3.17. The lowest BCUT2D eigenvalue weighted by atomic mass is 9.91. The van der Waals surface area contributed by atoms with Gasteiger partial charge in [-0.05, 0) is 44.2 Å². The van der Waals surface area contributed by atoms with Gasteiger partial charge < -0.3 is 4.90 Å². The second-order valence-electron chi connectivity index (χ2n) is 8.43. The molecule has 8 nitrogen and oxygen atoms in total. The second kappa shape index (κ2) is 7.66. The summed E-state index contributed by atoms with van der Waals surface area (Å²) in [6, 6.07) is 5.85. The third-order valence-electron chi connectivity index (χ3n) is 6.19. The van der Waals surface area contributed by atoms with Crippen molar-refractivity contribution in [2.24, 2.45) is 13.0 Å². The number of pyridine rings is 1. The highest BCUT2D eigenvalue weighted by atomic mass is 16.1. The van der Waals surface area contributed by atoms with Gasteiger partial charge in [-0.2, -0.15) is 10.1 Å². The highest BCUT2D eigenvalue weighted by molar-refractivity contribution is 6.00. The Morgan fingerprint density at radius 2 is 2.00 bits per heavy atom. The van der Waals surface area contributed by atoms with Crippen LogP contribution in [-0.4, -0.2) is 48.4 Å². The molecule has 1 unspecified atom stereocenters. The molecule has 0 radical (unpaired) electrons. The quantitative estimate of drug-likeness (QED) is 0.607. The lowest BCUT2D eigenvalue weighted by molar-refractivity contribution is 0.0944. The van der Waals surface area contributed by atoms with E-state index in [0.29, 0.717) is 12.1 Å². The van der Waals surface area contributed by atoms with Crippen LogP contribution >= 0.6 is 0 Å². The molecule has 0 amide bonds. The normalized spacial score (nSPS) is 18.6. The number of carbonyl (C=O) groups is 1. The molecule has 1 atom stereocenters. The van der Waals surface area contributed by atoms with Crippen LogP contribution in [-0.2, 0) is 20.0 Å². The van der Waals surface area contributed by atoms with Gasteiger partial charge in [-0.1, -0.05) is 6.07 Å². The molecular weight excluding hydrogens is 378 g/mol. The van der Waals surface area contributed by atoms with Gasteiger partial charge in [-0.25, -0.2) is 4.68 Å². The van der Waals surface area contributed by atoms with E-state index in [-0.39, 0.29) is 11.7 Å². The fraction of sp³-hybridized carbons (Fsp3) is 0.500. The van der Waals surface area contributed by atoms with E-state index in [9.17, 15) is 4.79 Å². The first-order valence-corrected chi connectivity index (χ1v) is 10.8. The van der Waals surface area contributed by atoms with Crippen molar-refractivity contribution in [3.63, 3.8) is 0 Å². The van der Waals surface area contributed by atoms with Crippen LogP contribution < -0.4 is 4.90 Å². The molecule has 0 aromatic carbocycles. The van der Waals surface area contributed by atoms with E-state index in [2.05, 4.69) is 15.0 Å². The van der Waals surface area contributed by atoms with E-state index in [1.165, 1.54) is 12.8 Å². The molecule has 0 saturated carbocycles. The molecule has 3 aromatic heterocycles. The van der Waals surface area contributed by atoms with Crippen molar-refractivity contribution in [3.8, 4) is 11.3 Å². The SMILES string of the molecule is Cc1cccc(-c2cnn(C)c2C(=O)CC2CCn3nc(N4CCCC4)nc3C2)n1. The molecule has 2 aliphatic heterocycles. The van der Waals surface area contributed by atoms with Gasteiger partial charge in [0.1, 0.15) is 11.5 Å². The smallest absolute Gasteiger partial charge is 0.244 e. The Morgan fingerprint density at radius 1 is 1.17 bits per heavy atom. The zero-order valence-electron chi connectivity index (χ0n) is 17.6. The lowest BCUT2D eigenvalue weighted by Crippen LogP contribution is -2.23. The van der Waals surface area contributed by atoms with Gasteiger partial charge in [0, 0.05) is 50.8 Å². The number of hydrogen-bond donors (Lipinski definition) is 0. The van der Waals surface area contributed by atoms with E-state index in [1.807, 2.05) is 36.9 Å². The maximum Gasteiger partial charge on any atom is 0.244 e. The van der Waals surface area contributed by atoms with E-state index in [0.717, 1.165) is 61.2 Å². The number of hydrogen-bond acceptors (Lipinski definition) is 6. The maximum atomic E-state index is 13.3. The molecule has 0 N–H and O–H groups in total. The van der Waals surface area contributed by atoms with Crippen LogP contribution in [0.1, 0.15) is 47.7 Å². The van der Waals surface area contributed by atoms with E-state index >= 15 is 0 Å².